The van der Waals surface area contributed by atoms with Gasteiger partial charge in [0.15, 0.2) is 0 Å². The van der Waals surface area contributed by atoms with E-state index in [0.717, 1.165) is 16.8 Å². The molecule has 0 aromatic heterocycles. The standard InChI is InChI=1S/C19H19N3O3S/c1-13-8-14(2)10-16(9-13)22-7-6-18(19(22)23)21-26(24,25)17-5-3-4-15(11-17)12-20/h3-5,8-11,18,21H,6-7H2,1-2H3/t18-/m1/s1. The van der Waals surface area contributed by atoms with Crippen LogP contribution in [0.5, 0.6) is 0 Å². The zero-order valence-electron chi connectivity index (χ0n) is 14.6. The Morgan fingerprint density at radius 1 is 1.15 bits per heavy atom. The summed E-state index contributed by atoms with van der Waals surface area (Å²) in [6, 6.07) is 12.7. The number of sulfonamides is 1. The Hall–Kier alpha value is -2.69. The van der Waals surface area contributed by atoms with Crippen molar-refractivity contribution >= 4 is 21.6 Å². The third kappa shape index (κ3) is 3.62. The van der Waals surface area contributed by atoms with E-state index >= 15 is 0 Å². The number of amides is 1. The van der Waals surface area contributed by atoms with Crippen molar-refractivity contribution < 1.29 is 13.2 Å². The Morgan fingerprint density at radius 3 is 2.50 bits per heavy atom. The van der Waals surface area contributed by atoms with Crippen LogP contribution in [0.2, 0.25) is 0 Å². The van der Waals surface area contributed by atoms with Crippen LogP contribution in [-0.4, -0.2) is 26.9 Å². The van der Waals surface area contributed by atoms with E-state index in [4.69, 9.17) is 5.26 Å². The molecule has 2 aromatic rings. The summed E-state index contributed by atoms with van der Waals surface area (Å²) in [7, 11) is -3.88. The van der Waals surface area contributed by atoms with Crippen molar-refractivity contribution in [3.8, 4) is 6.07 Å². The molecule has 0 saturated carbocycles. The quantitative estimate of drug-likeness (QED) is 0.895. The van der Waals surface area contributed by atoms with Crippen molar-refractivity contribution in [1.82, 2.24) is 4.72 Å². The smallest absolute Gasteiger partial charge is 0.245 e. The Kier molecular flexibility index (Phi) is 4.81. The Bertz CT molecular complexity index is 989. The highest BCUT2D eigenvalue weighted by Gasteiger charge is 2.35. The Balaban J connectivity index is 1.81. The summed E-state index contributed by atoms with van der Waals surface area (Å²) in [5.74, 6) is -0.269. The molecule has 7 heteroatoms. The molecule has 134 valence electrons. The highest BCUT2D eigenvalue weighted by atomic mass is 32.2. The molecule has 1 fully saturated rings. The molecule has 0 radical (unpaired) electrons. The van der Waals surface area contributed by atoms with Gasteiger partial charge in [-0.05, 0) is 61.7 Å². The van der Waals surface area contributed by atoms with Gasteiger partial charge in [-0.2, -0.15) is 9.98 Å². The SMILES string of the molecule is Cc1cc(C)cc(N2CC[C@@H](NS(=O)(=O)c3cccc(C#N)c3)C2=O)c1. The molecule has 1 heterocycles. The average Bonchev–Trinajstić information content (AvgIpc) is 2.94. The average molecular weight is 369 g/mol. The molecule has 0 unspecified atom stereocenters. The maximum Gasteiger partial charge on any atom is 0.245 e. The number of aryl methyl sites for hydroxylation is 2. The van der Waals surface area contributed by atoms with Gasteiger partial charge >= 0.3 is 0 Å². The van der Waals surface area contributed by atoms with Crippen molar-refractivity contribution in [2.24, 2.45) is 0 Å². The van der Waals surface area contributed by atoms with Gasteiger partial charge in [-0.25, -0.2) is 8.42 Å². The molecule has 1 aliphatic heterocycles. The summed E-state index contributed by atoms with van der Waals surface area (Å²) in [6.45, 7) is 4.37. The highest BCUT2D eigenvalue weighted by Crippen LogP contribution is 2.25. The molecule has 0 bridgehead atoms. The molecular weight excluding hydrogens is 350 g/mol. The van der Waals surface area contributed by atoms with Crippen LogP contribution in [0.25, 0.3) is 0 Å². The van der Waals surface area contributed by atoms with E-state index < -0.39 is 16.1 Å². The molecule has 3 rings (SSSR count). The second-order valence-corrected chi connectivity index (χ2v) is 8.15. The molecular formula is C19H19N3O3S. The summed E-state index contributed by atoms with van der Waals surface area (Å²) in [4.78, 5) is 14.3. The van der Waals surface area contributed by atoms with Gasteiger partial charge in [0.25, 0.3) is 0 Å². The van der Waals surface area contributed by atoms with Crippen LogP contribution >= 0.6 is 0 Å². The largest absolute Gasteiger partial charge is 0.311 e. The van der Waals surface area contributed by atoms with Crippen LogP contribution in [0.3, 0.4) is 0 Å². The van der Waals surface area contributed by atoms with Crippen molar-refractivity contribution in [3.05, 3.63) is 59.2 Å². The second-order valence-electron chi connectivity index (χ2n) is 6.44. The number of carbonyl (C=O) groups excluding carboxylic acids is 1. The van der Waals surface area contributed by atoms with Crippen molar-refractivity contribution in [2.75, 3.05) is 11.4 Å². The molecule has 6 nitrogen and oxygen atoms in total. The number of rotatable bonds is 4. The normalized spacial score (nSPS) is 17.3. The minimum Gasteiger partial charge on any atom is -0.311 e. The lowest BCUT2D eigenvalue weighted by atomic mass is 10.1. The van der Waals surface area contributed by atoms with Gasteiger partial charge < -0.3 is 4.90 Å². The van der Waals surface area contributed by atoms with E-state index in [1.807, 2.05) is 38.1 Å². The first-order valence-corrected chi connectivity index (χ1v) is 9.70. The molecule has 0 aliphatic carbocycles. The van der Waals surface area contributed by atoms with E-state index in [1.165, 1.54) is 24.3 Å². The molecule has 0 spiro atoms. The summed E-state index contributed by atoms with van der Waals surface area (Å²) in [6.07, 6.45) is 0.392. The first kappa shape index (κ1) is 18.1. The number of nitrogens with zero attached hydrogens (tertiary/aromatic N) is 2. The van der Waals surface area contributed by atoms with Gasteiger partial charge in [0.05, 0.1) is 16.5 Å². The van der Waals surface area contributed by atoms with Gasteiger partial charge in [-0.1, -0.05) is 12.1 Å². The fraction of sp³-hybridized carbons (Fsp3) is 0.263. The summed E-state index contributed by atoms with van der Waals surface area (Å²) in [5.41, 5.74) is 3.12. The summed E-state index contributed by atoms with van der Waals surface area (Å²) in [5, 5.41) is 8.93. The monoisotopic (exact) mass is 369 g/mol. The molecule has 2 aromatic carbocycles. The molecule has 1 saturated heterocycles. The van der Waals surface area contributed by atoms with E-state index in [2.05, 4.69) is 4.72 Å². The van der Waals surface area contributed by atoms with Gasteiger partial charge in [0, 0.05) is 12.2 Å². The lowest BCUT2D eigenvalue weighted by Gasteiger charge is -2.18. The third-order valence-corrected chi connectivity index (χ3v) is 5.76. The maximum absolute atomic E-state index is 12.7. The fourth-order valence-electron chi connectivity index (χ4n) is 3.14. The molecule has 1 aliphatic rings. The van der Waals surface area contributed by atoms with Crippen LogP contribution in [0, 0.1) is 25.2 Å². The van der Waals surface area contributed by atoms with E-state index in [0.29, 0.717) is 13.0 Å². The highest BCUT2D eigenvalue weighted by molar-refractivity contribution is 7.89. The van der Waals surface area contributed by atoms with Crippen molar-refractivity contribution in [3.63, 3.8) is 0 Å². The minimum atomic E-state index is -3.88. The number of anilines is 1. The van der Waals surface area contributed by atoms with E-state index in [1.54, 1.807) is 4.90 Å². The number of hydrogen-bond acceptors (Lipinski definition) is 4. The number of nitrogens with one attached hydrogen (secondary N) is 1. The summed E-state index contributed by atoms with van der Waals surface area (Å²) >= 11 is 0. The van der Waals surface area contributed by atoms with Gasteiger partial charge in [0.2, 0.25) is 15.9 Å². The maximum atomic E-state index is 12.7. The second kappa shape index (κ2) is 6.90. The van der Waals surface area contributed by atoms with Gasteiger partial charge in [-0.3, -0.25) is 4.79 Å². The van der Waals surface area contributed by atoms with E-state index in [-0.39, 0.29) is 16.4 Å². The Labute approximate surface area is 153 Å². The van der Waals surface area contributed by atoms with Crippen LogP contribution in [0.4, 0.5) is 5.69 Å². The number of hydrogen-bond donors (Lipinski definition) is 1. The first-order chi connectivity index (χ1) is 12.3. The number of carbonyl (C=O) groups is 1. The zero-order valence-corrected chi connectivity index (χ0v) is 15.4. The lowest BCUT2D eigenvalue weighted by Crippen LogP contribution is -2.41. The molecule has 26 heavy (non-hydrogen) atoms. The van der Waals surface area contributed by atoms with Crippen LogP contribution in [0.15, 0.2) is 47.4 Å². The molecule has 1 N–H and O–H groups in total. The fourth-order valence-corrected chi connectivity index (χ4v) is 4.41. The van der Waals surface area contributed by atoms with Crippen LogP contribution in [-0.2, 0) is 14.8 Å². The predicted molar refractivity (Wildman–Crippen MR) is 98.2 cm³/mol. The lowest BCUT2D eigenvalue weighted by molar-refractivity contribution is -0.118. The molecule has 1 amide bonds. The van der Waals surface area contributed by atoms with Crippen LogP contribution in [0.1, 0.15) is 23.1 Å². The Morgan fingerprint density at radius 2 is 1.85 bits per heavy atom. The van der Waals surface area contributed by atoms with Crippen molar-refractivity contribution in [1.29, 1.82) is 5.26 Å². The third-order valence-electron chi connectivity index (χ3n) is 4.29. The van der Waals surface area contributed by atoms with E-state index in [9.17, 15) is 13.2 Å². The zero-order chi connectivity index (χ0) is 18.9. The minimum absolute atomic E-state index is 0.0193. The van der Waals surface area contributed by atoms with Crippen molar-refractivity contribution in [2.45, 2.75) is 31.2 Å². The van der Waals surface area contributed by atoms with Crippen LogP contribution < -0.4 is 9.62 Å². The topological polar surface area (TPSA) is 90.3 Å². The number of benzene rings is 2. The predicted octanol–water partition coefficient (Wildman–Crippen LogP) is 2.26. The van der Waals surface area contributed by atoms with Gasteiger partial charge in [0.1, 0.15) is 6.04 Å². The van der Waals surface area contributed by atoms with Gasteiger partial charge in [-0.15, -0.1) is 0 Å². The first-order valence-electron chi connectivity index (χ1n) is 8.22. The molecule has 1 atom stereocenters. The summed E-state index contributed by atoms with van der Waals surface area (Å²) < 4.78 is 27.6. The number of nitriles is 1.